The maximum absolute atomic E-state index is 5.46. The number of rotatable bonds is 2. The van der Waals surface area contributed by atoms with Crippen molar-refractivity contribution in [2.24, 2.45) is 10.8 Å². The summed E-state index contributed by atoms with van der Waals surface area (Å²) in [6.45, 7) is 3.03. The lowest BCUT2D eigenvalue weighted by atomic mass is 10.7. The van der Waals surface area contributed by atoms with Gasteiger partial charge in [-0.05, 0) is 0 Å². The molecule has 0 saturated heterocycles. The van der Waals surface area contributed by atoms with Gasteiger partial charge >= 0.3 is 0 Å². The summed E-state index contributed by atoms with van der Waals surface area (Å²) in [7, 11) is 1.99. The first-order valence-corrected chi connectivity index (χ1v) is 4.18. The third kappa shape index (κ3) is 1.54. The van der Waals surface area contributed by atoms with Crippen molar-refractivity contribution in [2.75, 3.05) is 19.5 Å². The van der Waals surface area contributed by atoms with Crippen LogP contribution < -0.4 is 5.73 Å². The number of hydrogen-bond donors (Lipinski definition) is 1. The van der Waals surface area contributed by atoms with E-state index in [2.05, 4.69) is 12.0 Å². The molecule has 1 rings (SSSR count). The number of thioether (sulfide) groups is 1. The number of hydrazone groups is 1. The van der Waals surface area contributed by atoms with Crippen molar-refractivity contribution in [2.45, 2.75) is 6.92 Å². The van der Waals surface area contributed by atoms with Crippen molar-refractivity contribution in [3.8, 4) is 0 Å². The second-order valence-electron chi connectivity index (χ2n) is 2.06. The largest absolute Gasteiger partial charge is 0.377 e. The number of amidine groups is 1. The first-order valence-electron chi connectivity index (χ1n) is 3.19. The van der Waals surface area contributed by atoms with Gasteiger partial charge < -0.3 is 5.73 Å². The van der Waals surface area contributed by atoms with Crippen molar-refractivity contribution >= 4 is 16.9 Å². The molecule has 4 nitrogen and oxygen atoms in total. The summed E-state index contributed by atoms with van der Waals surface area (Å²) < 4.78 is 0. The van der Waals surface area contributed by atoms with Gasteiger partial charge in [-0.15, -0.1) is 5.10 Å². The van der Waals surface area contributed by atoms with Crippen LogP contribution in [0.3, 0.4) is 0 Å². The standard InChI is InChI=1S/C5H12N4S/c1-3-8(2)9-4-10-5(6)7-9/h3-4H2,1-2H3,(H2,6,7). The zero-order chi connectivity index (χ0) is 7.56. The lowest BCUT2D eigenvalue weighted by Gasteiger charge is -2.22. The van der Waals surface area contributed by atoms with Crippen LogP contribution in [0.2, 0.25) is 0 Å². The third-order valence-electron chi connectivity index (χ3n) is 1.39. The Morgan fingerprint density at radius 2 is 2.60 bits per heavy atom. The van der Waals surface area contributed by atoms with Crippen LogP contribution in [-0.2, 0) is 0 Å². The third-order valence-corrected chi connectivity index (χ3v) is 2.13. The number of hydrazine groups is 1. The molecule has 1 heterocycles. The summed E-state index contributed by atoms with van der Waals surface area (Å²) in [5, 5.41) is 8.61. The topological polar surface area (TPSA) is 44.9 Å². The molecule has 1 aliphatic heterocycles. The molecule has 0 saturated carbocycles. The molecule has 0 aromatic rings. The minimum atomic E-state index is 0.653. The Balaban J connectivity index is 2.44. The van der Waals surface area contributed by atoms with Crippen molar-refractivity contribution in [3.63, 3.8) is 0 Å². The quantitative estimate of drug-likeness (QED) is 0.622. The van der Waals surface area contributed by atoms with Crippen molar-refractivity contribution in [1.29, 1.82) is 0 Å². The molecule has 0 aromatic carbocycles. The Bertz CT molecular complexity index is 147. The predicted molar refractivity (Wildman–Crippen MR) is 44.2 cm³/mol. The van der Waals surface area contributed by atoms with E-state index in [0.29, 0.717) is 5.17 Å². The van der Waals surface area contributed by atoms with E-state index in [1.54, 1.807) is 11.8 Å². The van der Waals surface area contributed by atoms with Gasteiger partial charge in [-0.3, -0.25) is 0 Å². The first kappa shape index (κ1) is 7.68. The zero-order valence-corrected chi connectivity index (χ0v) is 7.06. The maximum Gasteiger partial charge on any atom is 0.181 e. The summed E-state index contributed by atoms with van der Waals surface area (Å²) in [6.07, 6.45) is 0. The molecule has 58 valence electrons. The Kier molecular flexibility index (Phi) is 2.39. The van der Waals surface area contributed by atoms with E-state index in [0.717, 1.165) is 12.4 Å². The highest BCUT2D eigenvalue weighted by Crippen LogP contribution is 2.14. The van der Waals surface area contributed by atoms with E-state index in [-0.39, 0.29) is 0 Å². The smallest absolute Gasteiger partial charge is 0.181 e. The van der Waals surface area contributed by atoms with E-state index in [1.807, 2.05) is 17.2 Å². The summed E-state index contributed by atoms with van der Waals surface area (Å²) in [5.41, 5.74) is 5.46. The predicted octanol–water partition coefficient (Wildman–Crippen LogP) is 0.0891. The van der Waals surface area contributed by atoms with Gasteiger partial charge in [-0.25, -0.2) is 10.1 Å². The van der Waals surface area contributed by atoms with E-state index in [4.69, 9.17) is 5.73 Å². The number of hydrogen-bond acceptors (Lipinski definition) is 5. The van der Waals surface area contributed by atoms with Crippen LogP contribution in [0.5, 0.6) is 0 Å². The average Bonchev–Trinajstić information content (AvgIpc) is 2.34. The monoisotopic (exact) mass is 160 g/mol. The molecular formula is C5H12N4S. The second-order valence-corrected chi connectivity index (χ2v) is 3.02. The molecule has 0 atom stereocenters. The van der Waals surface area contributed by atoms with Gasteiger partial charge in [0, 0.05) is 13.6 Å². The van der Waals surface area contributed by atoms with Crippen LogP contribution in [-0.4, -0.2) is 34.8 Å². The fraction of sp³-hybridized carbons (Fsp3) is 0.800. The van der Waals surface area contributed by atoms with Gasteiger partial charge in [-0.1, -0.05) is 18.7 Å². The first-order chi connectivity index (χ1) is 4.74. The van der Waals surface area contributed by atoms with E-state index in [1.165, 1.54) is 0 Å². The van der Waals surface area contributed by atoms with Crippen LogP contribution in [0.4, 0.5) is 0 Å². The highest BCUT2D eigenvalue weighted by Gasteiger charge is 2.14. The fourth-order valence-electron chi connectivity index (χ4n) is 0.634. The van der Waals surface area contributed by atoms with Gasteiger partial charge in [0.15, 0.2) is 5.17 Å². The van der Waals surface area contributed by atoms with E-state index in [9.17, 15) is 0 Å². The van der Waals surface area contributed by atoms with Crippen LogP contribution in [0.1, 0.15) is 6.92 Å². The van der Waals surface area contributed by atoms with Crippen molar-refractivity contribution in [1.82, 2.24) is 10.1 Å². The maximum atomic E-state index is 5.46. The lowest BCUT2D eigenvalue weighted by molar-refractivity contribution is 0.0318. The molecule has 0 radical (unpaired) electrons. The summed E-state index contributed by atoms with van der Waals surface area (Å²) in [4.78, 5) is 0. The molecule has 0 aliphatic carbocycles. The van der Waals surface area contributed by atoms with Crippen LogP contribution in [0.15, 0.2) is 5.10 Å². The Labute approximate surface area is 65.0 Å². The molecule has 0 unspecified atom stereocenters. The van der Waals surface area contributed by atoms with E-state index < -0.39 is 0 Å². The molecule has 0 bridgehead atoms. The van der Waals surface area contributed by atoms with E-state index >= 15 is 0 Å². The number of nitrogens with two attached hydrogens (primary N) is 1. The Morgan fingerprint density at radius 3 is 3.00 bits per heavy atom. The fourth-order valence-corrected chi connectivity index (χ4v) is 1.29. The molecule has 0 aromatic heterocycles. The van der Waals surface area contributed by atoms with Gasteiger partial charge in [0.05, 0.1) is 0 Å². The second kappa shape index (κ2) is 3.12. The Morgan fingerprint density at radius 1 is 1.90 bits per heavy atom. The highest BCUT2D eigenvalue weighted by molar-refractivity contribution is 8.13. The van der Waals surface area contributed by atoms with Gasteiger partial charge in [0.1, 0.15) is 5.88 Å². The van der Waals surface area contributed by atoms with Gasteiger partial charge in [-0.2, -0.15) is 0 Å². The molecule has 1 aliphatic rings. The summed E-state index contributed by atoms with van der Waals surface area (Å²) in [6, 6.07) is 0. The van der Waals surface area contributed by atoms with Crippen LogP contribution >= 0.6 is 11.8 Å². The zero-order valence-electron chi connectivity index (χ0n) is 6.24. The minimum Gasteiger partial charge on any atom is -0.377 e. The van der Waals surface area contributed by atoms with Crippen LogP contribution in [0, 0.1) is 0 Å². The minimum absolute atomic E-state index is 0.653. The van der Waals surface area contributed by atoms with Gasteiger partial charge in [0.2, 0.25) is 0 Å². The summed E-state index contributed by atoms with van der Waals surface area (Å²) >= 11 is 1.56. The SMILES string of the molecule is CCN(C)N1CSC(N)=N1. The molecule has 2 N–H and O–H groups in total. The summed E-state index contributed by atoms with van der Waals surface area (Å²) in [5.74, 6) is 0.843. The number of nitrogens with zero attached hydrogens (tertiary/aromatic N) is 3. The molecule has 5 heteroatoms. The van der Waals surface area contributed by atoms with Crippen LogP contribution in [0.25, 0.3) is 0 Å². The average molecular weight is 160 g/mol. The molecule has 0 fully saturated rings. The van der Waals surface area contributed by atoms with Crippen molar-refractivity contribution < 1.29 is 0 Å². The highest BCUT2D eigenvalue weighted by atomic mass is 32.2. The molecule has 0 spiro atoms. The molecule has 10 heavy (non-hydrogen) atoms. The lowest BCUT2D eigenvalue weighted by Crippen LogP contribution is -2.33. The normalized spacial score (nSPS) is 18.3. The molecule has 0 amide bonds. The van der Waals surface area contributed by atoms with Crippen molar-refractivity contribution in [3.05, 3.63) is 0 Å². The van der Waals surface area contributed by atoms with Gasteiger partial charge in [0.25, 0.3) is 0 Å². The molecular weight excluding hydrogens is 148 g/mol. The Hall–Kier alpha value is -0.420.